The second-order valence-electron chi connectivity index (χ2n) is 6.38. The summed E-state index contributed by atoms with van der Waals surface area (Å²) in [7, 11) is 1.62. The number of aliphatic hydroxyl groups is 1. The van der Waals surface area contributed by atoms with E-state index >= 15 is 0 Å². The second kappa shape index (κ2) is 6.96. The van der Waals surface area contributed by atoms with E-state index < -0.39 is 0 Å². The van der Waals surface area contributed by atoms with Gasteiger partial charge in [0.05, 0.1) is 7.11 Å². The van der Waals surface area contributed by atoms with Crippen LogP contribution in [-0.2, 0) is 0 Å². The van der Waals surface area contributed by atoms with E-state index in [-0.39, 0.29) is 11.5 Å². The highest BCUT2D eigenvalue weighted by molar-refractivity contribution is 6.09. The van der Waals surface area contributed by atoms with Gasteiger partial charge in [-0.2, -0.15) is 0 Å². The summed E-state index contributed by atoms with van der Waals surface area (Å²) in [5, 5.41) is 14.5. The molecule has 0 radical (unpaired) electrons. The molecular formula is C24H18O3. The molecule has 3 nitrogen and oxygen atoms in total. The fourth-order valence-electron chi connectivity index (χ4n) is 3.14. The predicted molar refractivity (Wildman–Crippen MR) is 109 cm³/mol. The third-order valence-corrected chi connectivity index (χ3v) is 4.64. The average Bonchev–Trinajstić information content (AvgIpc) is 2.72. The standard InChI is InChI=1S/C24H18O3/c1-27-22-11-10-18-13-21(9-7-19(18)14-22)24(26)15-23(25)20-8-6-16-4-2-3-5-17(16)12-20/h2-15,25H,1H3/b23-15-. The van der Waals surface area contributed by atoms with Gasteiger partial charge in [-0.05, 0) is 45.8 Å². The van der Waals surface area contributed by atoms with Crippen LogP contribution in [0, 0.1) is 0 Å². The monoisotopic (exact) mass is 354 g/mol. The summed E-state index contributed by atoms with van der Waals surface area (Å²) in [5.41, 5.74) is 1.15. The fraction of sp³-hybridized carbons (Fsp3) is 0.0417. The lowest BCUT2D eigenvalue weighted by Crippen LogP contribution is -1.97. The number of aliphatic hydroxyl groups excluding tert-OH is 1. The molecule has 0 aliphatic heterocycles. The molecule has 0 heterocycles. The van der Waals surface area contributed by atoms with Crippen molar-refractivity contribution >= 4 is 33.1 Å². The molecule has 0 saturated heterocycles. The minimum absolute atomic E-state index is 0.0411. The van der Waals surface area contributed by atoms with E-state index in [4.69, 9.17) is 4.74 Å². The number of methoxy groups -OCH3 is 1. The van der Waals surface area contributed by atoms with Crippen LogP contribution in [0.1, 0.15) is 15.9 Å². The van der Waals surface area contributed by atoms with Gasteiger partial charge in [0.25, 0.3) is 0 Å². The molecule has 0 spiro atoms. The molecule has 0 fully saturated rings. The lowest BCUT2D eigenvalue weighted by atomic mass is 10.0. The molecule has 0 bridgehead atoms. The number of ketones is 1. The van der Waals surface area contributed by atoms with E-state index in [0.29, 0.717) is 11.1 Å². The molecule has 0 unspecified atom stereocenters. The summed E-state index contributed by atoms with van der Waals surface area (Å²) >= 11 is 0. The molecule has 27 heavy (non-hydrogen) atoms. The van der Waals surface area contributed by atoms with Crippen LogP contribution < -0.4 is 4.74 Å². The van der Waals surface area contributed by atoms with Gasteiger partial charge in [-0.15, -0.1) is 0 Å². The van der Waals surface area contributed by atoms with E-state index in [1.54, 1.807) is 13.2 Å². The first kappa shape index (κ1) is 16.9. The molecule has 0 aliphatic rings. The van der Waals surface area contributed by atoms with Gasteiger partial charge in [-0.25, -0.2) is 0 Å². The van der Waals surface area contributed by atoms with Crippen LogP contribution in [0.15, 0.2) is 84.9 Å². The molecular weight excluding hydrogens is 336 g/mol. The first-order chi connectivity index (χ1) is 13.1. The Kier molecular flexibility index (Phi) is 4.35. The van der Waals surface area contributed by atoms with Crippen molar-refractivity contribution < 1.29 is 14.6 Å². The van der Waals surface area contributed by atoms with Crippen LogP contribution in [0.4, 0.5) is 0 Å². The number of allylic oxidation sites excluding steroid dienone is 1. The van der Waals surface area contributed by atoms with Gasteiger partial charge in [-0.3, -0.25) is 4.79 Å². The number of ether oxygens (including phenoxy) is 1. The van der Waals surface area contributed by atoms with Crippen molar-refractivity contribution in [3.8, 4) is 5.75 Å². The molecule has 1 N–H and O–H groups in total. The molecule has 0 atom stereocenters. The molecule has 3 heteroatoms. The SMILES string of the molecule is COc1ccc2cc(C(=O)/C=C(\O)c3ccc4ccccc4c3)ccc2c1. The number of rotatable bonds is 4. The van der Waals surface area contributed by atoms with Gasteiger partial charge < -0.3 is 9.84 Å². The highest BCUT2D eigenvalue weighted by Crippen LogP contribution is 2.23. The van der Waals surface area contributed by atoms with Crippen molar-refractivity contribution in [3.05, 3.63) is 96.1 Å². The van der Waals surface area contributed by atoms with Gasteiger partial charge in [0.15, 0.2) is 5.78 Å². The zero-order valence-electron chi connectivity index (χ0n) is 14.8. The number of carbonyl (C=O) groups is 1. The maximum Gasteiger partial charge on any atom is 0.189 e. The van der Waals surface area contributed by atoms with Crippen LogP contribution in [0.2, 0.25) is 0 Å². The van der Waals surface area contributed by atoms with Crippen molar-refractivity contribution in [3.63, 3.8) is 0 Å². The van der Waals surface area contributed by atoms with E-state index in [2.05, 4.69) is 0 Å². The van der Waals surface area contributed by atoms with Crippen molar-refractivity contribution in [1.29, 1.82) is 0 Å². The lowest BCUT2D eigenvalue weighted by Gasteiger charge is -2.05. The normalized spacial score (nSPS) is 11.7. The zero-order valence-corrected chi connectivity index (χ0v) is 14.8. The third kappa shape index (κ3) is 3.40. The van der Waals surface area contributed by atoms with Crippen LogP contribution in [0.25, 0.3) is 27.3 Å². The Morgan fingerprint density at radius 1 is 0.778 bits per heavy atom. The molecule has 0 aliphatic carbocycles. The second-order valence-corrected chi connectivity index (χ2v) is 6.38. The highest BCUT2D eigenvalue weighted by Gasteiger charge is 2.08. The van der Waals surface area contributed by atoms with Crippen LogP contribution in [-0.4, -0.2) is 18.0 Å². The van der Waals surface area contributed by atoms with Gasteiger partial charge in [0.1, 0.15) is 11.5 Å². The minimum atomic E-state index is -0.238. The molecule has 132 valence electrons. The topological polar surface area (TPSA) is 46.5 Å². The average molecular weight is 354 g/mol. The Morgan fingerprint density at radius 3 is 2.19 bits per heavy atom. The third-order valence-electron chi connectivity index (χ3n) is 4.64. The first-order valence-corrected chi connectivity index (χ1v) is 8.66. The maximum absolute atomic E-state index is 12.6. The first-order valence-electron chi connectivity index (χ1n) is 8.66. The van der Waals surface area contributed by atoms with Crippen molar-refractivity contribution in [1.82, 2.24) is 0 Å². The van der Waals surface area contributed by atoms with Crippen molar-refractivity contribution in [2.24, 2.45) is 0 Å². The van der Waals surface area contributed by atoms with Gasteiger partial charge >= 0.3 is 0 Å². The molecule has 0 saturated carbocycles. The van der Waals surface area contributed by atoms with Crippen LogP contribution >= 0.6 is 0 Å². The Hall–Kier alpha value is -3.59. The summed E-state index contributed by atoms with van der Waals surface area (Å²) in [6, 6.07) is 24.7. The van der Waals surface area contributed by atoms with E-state index in [0.717, 1.165) is 27.3 Å². The van der Waals surface area contributed by atoms with E-state index in [9.17, 15) is 9.90 Å². The van der Waals surface area contributed by atoms with Crippen molar-refractivity contribution in [2.45, 2.75) is 0 Å². The zero-order chi connectivity index (χ0) is 18.8. The molecule has 4 aromatic rings. The predicted octanol–water partition coefficient (Wildman–Crippen LogP) is 5.78. The van der Waals surface area contributed by atoms with Gasteiger partial charge in [0, 0.05) is 17.2 Å². The lowest BCUT2D eigenvalue weighted by molar-refractivity contribution is 0.104. The smallest absolute Gasteiger partial charge is 0.189 e. The van der Waals surface area contributed by atoms with Crippen LogP contribution in [0.3, 0.4) is 0 Å². The molecule has 4 rings (SSSR count). The molecule has 0 amide bonds. The number of carbonyl (C=O) groups excluding carboxylic acids is 1. The summed E-state index contributed by atoms with van der Waals surface area (Å²) in [5.74, 6) is 0.495. The van der Waals surface area contributed by atoms with E-state index in [1.165, 1.54) is 6.08 Å². The fourth-order valence-corrected chi connectivity index (χ4v) is 3.14. The maximum atomic E-state index is 12.6. The number of hydrogen-bond acceptors (Lipinski definition) is 3. The summed E-state index contributed by atoms with van der Waals surface area (Å²) in [4.78, 5) is 12.6. The van der Waals surface area contributed by atoms with Crippen molar-refractivity contribution in [2.75, 3.05) is 7.11 Å². The minimum Gasteiger partial charge on any atom is -0.507 e. The number of hydrogen-bond donors (Lipinski definition) is 1. The highest BCUT2D eigenvalue weighted by atomic mass is 16.5. The largest absolute Gasteiger partial charge is 0.507 e. The number of benzene rings is 4. The Balaban J connectivity index is 1.65. The van der Waals surface area contributed by atoms with Crippen LogP contribution in [0.5, 0.6) is 5.75 Å². The summed E-state index contributed by atoms with van der Waals surface area (Å²) in [6.45, 7) is 0. The van der Waals surface area contributed by atoms with E-state index in [1.807, 2.05) is 72.8 Å². The quantitative estimate of drug-likeness (QED) is 0.287. The Morgan fingerprint density at radius 2 is 1.37 bits per heavy atom. The number of fused-ring (bicyclic) bond motifs is 2. The summed E-state index contributed by atoms with van der Waals surface area (Å²) in [6.07, 6.45) is 1.27. The van der Waals surface area contributed by atoms with Gasteiger partial charge in [-0.1, -0.05) is 54.6 Å². The Bertz CT molecular complexity index is 1190. The molecule has 4 aromatic carbocycles. The molecule has 0 aromatic heterocycles. The van der Waals surface area contributed by atoms with Gasteiger partial charge in [0.2, 0.25) is 0 Å². The Labute approximate surface area is 157 Å². The summed E-state index contributed by atoms with van der Waals surface area (Å²) < 4.78 is 5.22.